The maximum absolute atomic E-state index is 12.3. The topological polar surface area (TPSA) is 48.0 Å². The number of fused-ring (bicyclic) bond motifs is 1. The Hall–Kier alpha value is -2.69. The Bertz CT molecular complexity index is 744. The number of ether oxygens (including phenoxy) is 3. The van der Waals surface area contributed by atoms with E-state index in [1.165, 1.54) is 0 Å². The Kier molecular flexibility index (Phi) is 5.43. The number of hydrogen-bond donors (Lipinski definition) is 0. The van der Waals surface area contributed by atoms with E-state index < -0.39 is 0 Å². The zero-order valence-corrected chi connectivity index (χ0v) is 14.7. The van der Waals surface area contributed by atoms with Gasteiger partial charge in [-0.3, -0.25) is 4.79 Å². The van der Waals surface area contributed by atoms with Gasteiger partial charge >= 0.3 is 0 Å². The monoisotopic (exact) mass is 341 g/mol. The van der Waals surface area contributed by atoms with Crippen molar-refractivity contribution in [1.82, 2.24) is 4.90 Å². The summed E-state index contributed by atoms with van der Waals surface area (Å²) in [6.45, 7) is 3.36. The largest absolute Gasteiger partial charge is 0.493 e. The third-order valence-electron chi connectivity index (χ3n) is 4.17. The number of nitrogens with zero attached hydrogens (tertiary/aromatic N) is 1. The van der Waals surface area contributed by atoms with Crippen molar-refractivity contribution >= 4 is 5.91 Å². The predicted octanol–water partition coefficient (Wildman–Crippen LogP) is 3.54. The molecule has 0 aromatic heterocycles. The summed E-state index contributed by atoms with van der Waals surface area (Å²) < 4.78 is 16.4. The Morgan fingerprint density at radius 2 is 1.96 bits per heavy atom. The number of carbonyl (C=O) groups is 1. The summed E-state index contributed by atoms with van der Waals surface area (Å²) in [5.74, 6) is 2.48. The molecule has 25 heavy (non-hydrogen) atoms. The van der Waals surface area contributed by atoms with Gasteiger partial charge < -0.3 is 19.1 Å². The number of aryl methyl sites for hydroxylation is 1. The van der Waals surface area contributed by atoms with E-state index in [-0.39, 0.29) is 12.7 Å². The molecule has 5 nitrogen and oxygen atoms in total. The average Bonchev–Trinajstić information content (AvgIpc) is 3.07. The first-order valence-corrected chi connectivity index (χ1v) is 8.44. The molecule has 1 amide bonds. The van der Waals surface area contributed by atoms with Crippen LogP contribution >= 0.6 is 0 Å². The van der Waals surface area contributed by atoms with E-state index in [1.54, 1.807) is 4.90 Å². The van der Waals surface area contributed by atoms with Crippen LogP contribution in [-0.2, 0) is 11.3 Å². The van der Waals surface area contributed by atoms with Crippen molar-refractivity contribution < 1.29 is 19.0 Å². The molecule has 1 aliphatic rings. The zero-order valence-electron chi connectivity index (χ0n) is 14.7. The van der Waals surface area contributed by atoms with Crippen LogP contribution in [0.5, 0.6) is 17.2 Å². The van der Waals surface area contributed by atoms with Gasteiger partial charge in [0.05, 0.1) is 6.61 Å². The number of para-hydroxylation sites is 1. The molecule has 132 valence electrons. The number of amides is 1. The molecule has 1 aliphatic heterocycles. The average molecular weight is 341 g/mol. The van der Waals surface area contributed by atoms with Crippen molar-refractivity contribution in [1.29, 1.82) is 0 Å². The van der Waals surface area contributed by atoms with E-state index in [0.29, 0.717) is 26.0 Å². The van der Waals surface area contributed by atoms with Crippen LogP contribution in [-0.4, -0.2) is 31.3 Å². The Morgan fingerprint density at radius 3 is 2.80 bits per heavy atom. The minimum absolute atomic E-state index is 0.103. The van der Waals surface area contributed by atoms with Gasteiger partial charge in [0.15, 0.2) is 11.5 Å². The van der Waals surface area contributed by atoms with Crippen LogP contribution in [0.3, 0.4) is 0 Å². The summed E-state index contributed by atoms with van der Waals surface area (Å²) in [5, 5.41) is 0. The van der Waals surface area contributed by atoms with Gasteiger partial charge in [-0.05, 0) is 42.7 Å². The van der Waals surface area contributed by atoms with Gasteiger partial charge in [-0.25, -0.2) is 0 Å². The second-order valence-corrected chi connectivity index (χ2v) is 6.15. The second-order valence-electron chi connectivity index (χ2n) is 6.15. The van der Waals surface area contributed by atoms with Gasteiger partial charge in [0, 0.05) is 20.0 Å². The van der Waals surface area contributed by atoms with Gasteiger partial charge in [0.25, 0.3) is 0 Å². The van der Waals surface area contributed by atoms with Gasteiger partial charge in [-0.1, -0.05) is 24.3 Å². The SMILES string of the molecule is Cc1ccccc1OCCCC(=O)N(C)Cc1ccc2c(c1)OCO2. The molecule has 3 rings (SSSR count). The lowest BCUT2D eigenvalue weighted by Crippen LogP contribution is -2.26. The number of benzene rings is 2. The van der Waals surface area contributed by atoms with E-state index in [2.05, 4.69) is 0 Å². The maximum atomic E-state index is 12.3. The van der Waals surface area contributed by atoms with Crippen LogP contribution in [0.2, 0.25) is 0 Å². The molecule has 0 atom stereocenters. The van der Waals surface area contributed by atoms with E-state index in [4.69, 9.17) is 14.2 Å². The molecule has 0 saturated carbocycles. The van der Waals surface area contributed by atoms with Crippen LogP contribution in [0.1, 0.15) is 24.0 Å². The van der Waals surface area contributed by atoms with E-state index in [1.807, 2.05) is 56.4 Å². The molecule has 1 heterocycles. The lowest BCUT2D eigenvalue weighted by molar-refractivity contribution is -0.130. The molecule has 0 saturated heterocycles. The van der Waals surface area contributed by atoms with Gasteiger partial charge in [0.1, 0.15) is 5.75 Å². The smallest absolute Gasteiger partial charge is 0.231 e. The molecule has 0 radical (unpaired) electrons. The normalized spacial score (nSPS) is 12.1. The summed E-state index contributed by atoms with van der Waals surface area (Å²) in [4.78, 5) is 14.0. The molecule has 2 aromatic rings. The van der Waals surface area contributed by atoms with Crippen LogP contribution in [0.25, 0.3) is 0 Å². The van der Waals surface area contributed by atoms with E-state index in [9.17, 15) is 4.79 Å². The zero-order chi connectivity index (χ0) is 17.6. The first-order valence-electron chi connectivity index (χ1n) is 8.44. The highest BCUT2D eigenvalue weighted by atomic mass is 16.7. The number of hydrogen-bond acceptors (Lipinski definition) is 4. The third kappa shape index (κ3) is 4.44. The fraction of sp³-hybridized carbons (Fsp3) is 0.350. The lowest BCUT2D eigenvalue weighted by Gasteiger charge is -2.17. The standard InChI is InChI=1S/C20H23NO4/c1-15-6-3-4-7-17(15)23-11-5-8-20(22)21(2)13-16-9-10-18-19(12-16)25-14-24-18/h3-4,6-7,9-10,12H,5,8,11,13-14H2,1-2H3. The Labute approximate surface area is 148 Å². The van der Waals surface area contributed by atoms with Crippen LogP contribution < -0.4 is 14.2 Å². The van der Waals surface area contributed by atoms with Crippen LogP contribution in [0, 0.1) is 6.92 Å². The number of carbonyl (C=O) groups excluding carboxylic acids is 1. The summed E-state index contributed by atoms with van der Waals surface area (Å²) >= 11 is 0. The molecule has 0 unspecified atom stereocenters. The van der Waals surface area contributed by atoms with E-state index in [0.717, 1.165) is 28.4 Å². The molecular formula is C20H23NO4. The quantitative estimate of drug-likeness (QED) is 0.723. The summed E-state index contributed by atoms with van der Waals surface area (Å²) in [6.07, 6.45) is 1.16. The highest BCUT2D eigenvalue weighted by molar-refractivity contribution is 5.75. The lowest BCUT2D eigenvalue weighted by atomic mass is 10.2. The van der Waals surface area contributed by atoms with Crippen molar-refractivity contribution in [3.05, 3.63) is 53.6 Å². The molecule has 0 fully saturated rings. The van der Waals surface area contributed by atoms with Crippen molar-refractivity contribution in [2.24, 2.45) is 0 Å². The highest BCUT2D eigenvalue weighted by Gasteiger charge is 2.15. The van der Waals surface area contributed by atoms with Gasteiger partial charge in [0.2, 0.25) is 12.7 Å². The minimum Gasteiger partial charge on any atom is -0.493 e. The van der Waals surface area contributed by atoms with E-state index >= 15 is 0 Å². The third-order valence-corrected chi connectivity index (χ3v) is 4.17. The summed E-state index contributed by atoms with van der Waals surface area (Å²) in [7, 11) is 1.81. The molecule has 0 bridgehead atoms. The Morgan fingerprint density at radius 1 is 1.16 bits per heavy atom. The van der Waals surface area contributed by atoms with Gasteiger partial charge in [-0.15, -0.1) is 0 Å². The molecular weight excluding hydrogens is 318 g/mol. The predicted molar refractivity (Wildman–Crippen MR) is 94.9 cm³/mol. The van der Waals surface area contributed by atoms with Crippen molar-refractivity contribution in [3.8, 4) is 17.2 Å². The summed E-state index contributed by atoms with van der Waals surface area (Å²) in [5.41, 5.74) is 2.13. The van der Waals surface area contributed by atoms with Crippen LogP contribution in [0.4, 0.5) is 0 Å². The fourth-order valence-electron chi connectivity index (χ4n) is 2.72. The molecule has 0 aliphatic carbocycles. The molecule has 0 N–H and O–H groups in total. The fourth-order valence-corrected chi connectivity index (χ4v) is 2.72. The van der Waals surface area contributed by atoms with Gasteiger partial charge in [-0.2, -0.15) is 0 Å². The first-order chi connectivity index (χ1) is 12.1. The van der Waals surface area contributed by atoms with Crippen molar-refractivity contribution in [3.63, 3.8) is 0 Å². The maximum Gasteiger partial charge on any atom is 0.231 e. The van der Waals surface area contributed by atoms with Crippen LogP contribution in [0.15, 0.2) is 42.5 Å². The Balaban J connectivity index is 1.42. The molecule has 0 spiro atoms. The molecule has 2 aromatic carbocycles. The second kappa shape index (κ2) is 7.92. The highest BCUT2D eigenvalue weighted by Crippen LogP contribution is 2.32. The first kappa shape index (κ1) is 17.1. The minimum atomic E-state index is 0.103. The molecule has 5 heteroatoms. The summed E-state index contributed by atoms with van der Waals surface area (Å²) in [6, 6.07) is 13.7. The number of rotatable bonds is 7. The van der Waals surface area contributed by atoms with Crippen molar-refractivity contribution in [2.45, 2.75) is 26.3 Å². The van der Waals surface area contributed by atoms with Crippen molar-refractivity contribution in [2.75, 3.05) is 20.4 Å².